The van der Waals surface area contributed by atoms with Gasteiger partial charge in [0.25, 0.3) is 14.1 Å². The first-order valence-corrected chi connectivity index (χ1v) is 23.2. The number of imidazole rings is 2. The SMILES string of the molecule is C=CCC(CC)(CC)C(CC#N)OP(O[C@H]1C[C@H](n2cnc3c(=O)[nH]c(NC(=O)C(C)C)nc32)O[C@@H]1COC(c1ccccc1)(c1ccc(OC)cc1)c1ccc(OC)cc1)n1ccnc1. The third kappa shape index (κ3) is 9.96. The molecule has 1 fully saturated rings. The lowest BCUT2D eigenvalue weighted by Gasteiger charge is -2.40. The van der Waals surface area contributed by atoms with Crippen LogP contribution in [0, 0.1) is 22.7 Å². The summed E-state index contributed by atoms with van der Waals surface area (Å²) in [6.45, 7) is 11.7. The van der Waals surface area contributed by atoms with Crippen molar-refractivity contribution in [3.8, 4) is 17.6 Å². The maximum Gasteiger partial charge on any atom is 0.295 e. The zero-order valence-corrected chi connectivity index (χ0v) is 39.0. The Morgan fingerprint density at radius 2 is 1.67 bits per heavy atom. The number of methoxy groups -OCH3 is 2. The molecule has 3 aromatic heterocycles. The molecule has 1 aliphatic heterocycles. The molecular weight excluding hydrogens is 860 g/mol. The third-order valence-electron chi connectivity index (χ3n) is 12.4. The highest BCUT2D eigenvalue weighted by molar-refractivity contribution is 7.45. The number of nitriles is 1. The summed E-state index contributed by atoms with van der Waals surface area (Å²) in [6, 6.07) is 27.8. The maximum atomic E-state index is 13.3. The second-order valence-electron chi connectivity index (χ2n) is 16.4. The fourth-order valence-electron chi connectivity index (χ4n) is 8.44. The number of H-pyrrole nitrogens is 1. The molecule has 7 rings (SSSR count). The van der Waals surface area contributed by atoms with E-state index in [4.69, 9.17) is 28.0 Å². The molecule has 2 N–H and O–H groups in total. The molecule has 4 heterocycles. The molecule has 5 atom stereocenters. The van der Waals surface area contributed by atoms with Crippen molar-refractivity contribution in [2.45, 2.75) is 89.9 Å². The van der Waals surface area contributed by atoms with Gasteiger partial charge in [-0.1, -0.05) is 88.4 Å². The van der Waals surface area contributed by atoms with Crippen LogP contribution in [0.25, 0.3) is 11.2 Å². The quantitative estimate of drug-likeness (QED) is 0.0374. The Hall–Kier alpha value is -6.21. The molecule has 0 bridgehead atoms. The third-order valence-corrected chi connectivity index (χ3v) is 13.9. The fourth-order valence-corrected chi connectivity index (χ4v) is 9.99. The Kier molecular flexibility index (Phi) is 15.5. The van der Waals surface area contributed by atoms with Crippen molar-refractivity contribution in [1.82, 2.24) is 28.8 Å². The van der Waals surface area contributed by atoms with Crippen LogP contribution >= 0.6 is 8.53 Å². The Morgan fingerprint density at radius 1 is 1.02 bits per heavy atom. The minimum absolute atomic E-state index is 0.0104. The number of carbonyl (C=O) groups excluding carboxylic acids is 1. The molecule has 0 radical (unpaired) electrons. The fraction of sp³-hybridized carbons (Fsp3) is 0.388. The number of rotatable bonds is 22. The Balaban J connectivity index is 1.33. The first-order chi connectivity index (χ1) is 32.0. The van der Waals surface area contributed by atoms with Gasteiger partial charge < -0.3 is 28.0 Å². The van der Waals surface area contributed by atoms with Crippen molar-refractivity contribution in [2.75, 3.05) is 26.1 Å². The average Bonchev–Trinajstić information content (AvgIpc) is 4.13. The number of nitrogens with one attached hydrogen (secondary N) is 2. The van der Waals surface area contributed by atoms with Crippen molar-refractivity contribution in [1.29, 1.82) is 5.26 Å². The molecule has 346 valence electrons. The Labute approximate surface area is 385 Å². The molecular formula is C49H57N8O8P. The van der Waals surface area contributed by atoms with E-state index in [9.17, 15) is 14.9 Å². The van der Waals surface area contributed by atoms with Gasteiger partial charge in [-0.25, -0.2) is 9.97 Å². The van der Waals surface area contributed by atoms with Crippen LogP contribution in [0.2, 0.25) is 0 Å². The van der Waals surface area contributed by atoms with Gasteiger partial charge in [0.2, 0.25) is 11.9 Å². The largest absolute Gasteiger partial charge is 0.497 e. The predicted molar refractivity (Wildman–Crippen MR) is 251 cm³/mol. The lowest BCUT2D eigenvalue weighted by atomic mass is 9.73. The number of aromatic amines is 1. The second-order valence-corrected chi connectivity index (χ2v) is 17.8. The zero-order valence-electron chi connectivity index (χ0n) is 38.1. The molecule has 0 saturated carbocycles. The van der Waals surface area contributed by atoms with Gasteiger partial charge >= 0.3 is 0 Å². The van der Waals surface area contributed by atoms with E-state index in [1.807, 2.05) is 84.9 Å². The lowest BCUT2D eigenvalue weighted by molar-refractivity contribution is -0.118. The van der Waals surface area contributed by atoms with Gasteiger partial charge in [0.1, 0.15) is 35.8 Å². The molecule has 1 aliphatic rings. The van der Waals surface area contributed by atoms with Crippen molar-refractivity contribution in [2.24, 2.45) is 11.3 Å². The number of benzene rings is 3. The maximum absolute atomic E-state index is 13.3. The van der Waals surface area contributed by atoms with Gasteiger partial charge in [-0.2, -0.15) is 10.2 Å². The molecule has 1 saturated heterocycles. The number of fused-ring (bicyclic) bond motifs is 1. The molecule has 6 aromatic rings. The average molecular weight is 917 g/mol. The molecule has 1 amide bonds. The molecule has 66 heavy (non-hydrogen) atoms. The van der Waals surface area contributed by atoms with Crippen LogP contribution in [0.4, 0.5) is 5.95 Å². The van der Waals surface area contributed by atoms with E-state index in [0.29, 0.717) is 17.9 Å². The number of anilines is 1. The predicted octanol–water partition coefficient (Wildman–Crippen LogP) is 9.07. The van der Waals surface area contributed by atoms with Gasteiger partial charge in [0.15, 0.2) is 11.2 Å². The van der Waals surface area contributed by atoms with Crippen molar-refractivity contribution < 1.29 is 32.8 Å². The number of hydrogen-bond donors (Lipinski definition) is 2. The highest BCUT2D eigenvalue weighted by Crippen LogP contribution is 2.52. The van der Waals surface area contributed by atoms with Gasteiger partial charge in [-0.3, -0.25) is 28.8 Å². The van der Waals surface area contributed by atoms with Gasteiger partial charge in [0, 0.05) is 30.1 Å². The summed E-state index contributed by atoms with van der Waals surface area (Å²) in [5, 5.41) is 12.8. The zero-order chi connectivity index (χ0) is 46.8. The number of carbonyl (C=O) groups is 1. The van der Waals surface area contributed by atoms with Gasteiger partial charge in [-0.15, -0.1) is 6.58 Å². The van der Waals surface area contributed by atoms with E-state index >= 15 is 0 Å². The van der Waals surface area contributed by atoms with E-state index < -0.39 is 44.2 Å². The van der Waals surface area contributed by atoms with Gasteiger partial charge in [0.05, 0.1) is 51.9 Å². The van der Waals surface area contributed by atoms with Crippen molar-refractivity contribution in [3.05, 3.63) is 144 Å². The van der Waals surface area contributed by atoms with Crippen molar-refractivity contribution >= 4 is 31.5 Å². The summed E-state index contributed by atoms with van der Waals surface area (Å²) >= 11 is 0. The monoisotopic (exact) mass is 916 g/mol. The smallest absolute Gasteiger partial charge is 0.295 e. The first-order valence-electron chi connectivity index (χ1n) is 22.0. The highest BCUT2D eigenvalue weighted by atomic mass is 31.2. The van der Waals surface area contributed by atoms with Crippen LogP contribution in [-0.2, 0) is 28.9 Å². The van der Waals surface area contributed by atoms with Crippen LogP contribution in [-0.4, -0.2) is 73.9 Å². The summed E-state index contributed by atoms with van der Waals surface area (Å²) in [5.74, 6) is 0.684. The topological polar surface area (TPSA) is 190 Å². The lowest BCUT2D eigenvalue weighted by Crippen LogP contribution is -2.39. The standard InChI is InChI=1S/C49H57N8O8P/c1-8-25-48(9-2,10-3)41(24-26-50)65-66(56-28-27-51-31-56)64-39-29-42(57-32-52-43-44(57)53-47(55-46(43)59)54-45(58)33(4)5)63-40(39)30-62-49(34-14-12-11-13-15-34,35-16-20-37(60-6)21-17-35)36-18-22-38(61-7)23-19-36/h8,11-23,27-28,31-33,39-42H,1,9-10,24-25,29-30H2,2-7H3,(H2,53,54,55,58,59)/t39-,40+,41?,42+,66?/m0/s1. The van der Waals surface area contributed by atoms with Crippen molar-refractivity contribution in [3.63, 3.8) is 0 Å². The highest BCUT2D eigenvalue weighted by Gasteiger charge is 2.46. The normalized spacial score (nSPS) is 17.3. The molecule has 3 aromatic carbocycles. The van der Waals surface area contributed by atoms with Gasteiger partial charge in [-0.05, 0) is 60.2 Å². The van der Waals surface area contributed by atoms with E-state index in [1.165, 1.54) is 6.33 Å². The van der Waals surface area contributed by atoms with Crippen LogP contribution in [0.3, 0.4) is 0 Å². The Bertz CT molecular complexity index is 2580. The molecule has 0 spiro atoms. The summed E-state index contributed by atoms with van der Waals surface area (Å²) < 4.78 is 43.1. The number of nitrogens with zero attached hydrogens (tertiary/aromatic N) is 6. The second kappa shape index (κ2) is 21.4. The van der Waals surface area contributed by atoms with Crippen LogP contribution in [0.1, 0.15) is 82.7 Å². The number of ether oxygens (including phenoxy) is 4. The number of hydrogen-bond acceptors (Lipinski definition) is 12. The van der Waals surface area contributed by atoms with E-state index in [0.717, 1.165) is 29.5 Å². The van der Waals surface area contributed by atoms with Crippen LogP contribution in [0.15, 0.2) is 121 Å². The summed E-state index contributed by atoms with van der Waals surface area (Å²) in [4.78, 5) is 42.1. The number of allylic oxidation sites excluding steroid dienone is 1. The molecule has 2 unspecified atom stereocenters. The number of aromatic nitrogens is 6. The molecule has 17 heteroatoms. The van der Waals surface area contributed by atoms with E-state index in [2.05, 4.69) is 51.7 Å². The summed E-state index contributed by atoms with van der Waals surface area (Å²) in [6.07, 6.45) is 8.20. The number of amides is 1. The van der Waals surface area contributed by atoms with Crippen LogP contribution in [0.5, 0.6) is 11.5 Å². The van der Waals surface area contributed by atoms with E-state index in [1.54, 1.807) is 55.7 Å². The van der Waals surface area contributed by atoms with E-state index in [-0.39, 0.29) is 53.8 Å². The first kappa shape index (κ1) is 47.7. The summed E-state index contributed by atoms with van der Waals surface area (Å²) in [7, 11) is 1.30. The molecule has 16 nitrogen and oxygen atoms in total. The Morgan fingerprint density at radius 3 is 2.23 bits per heavy atom. The summed E-state index contributed by atoms with van der Waals surface area (Å²) in [5.41, 5.74) is 0.686. The molecule has 0 aliphatic carbocycles. The van der Waals surface area contributed by atoms with Crippen LogP contribution < -0.4 is 20.3 Å². The minimum atomic E-state index is -1.95. The minimum Gasteiger partial charge on any atom is -0.497 e.